The number of aliphatic hydroxyl groups excluding tert-OH is 1. The summed E-state index contributed by atoms with van der Waals surface area (Å²) >= 11 is 0. The molecule has 5 nitrogen and oxygen atoms in total. The second-order valence-electron chi connectivity index (χ2n) is 4.04. The number of nitrogens with one attached hydrogen (secondary N) is 1. The van der Waals surface area contributed by atoms with Crippen LogP contribution in [0.5, 0.6) is 0 Å². The first-order chi connectivity index (χ1) is 8.56. The number of halogens is 1. The van der Waals surface area contributed by atoms with E-state index in [0.29, 0.717) is 12.1 Å². The second kappa shape index (κ2) is 7.03. The average molecular weight is 256 g/mol. The third-order valence-corrected chi connectivity index (χ3v) is 2.60. The lowest BCUT2D eigenvalue weighted by atomic mass is 10.1. The zero-order valence-electron chi connectivity index (χ0n) is 10.2. The van der Waals surface area contributed by atoms with Gasteiger partial charge < -0.3 is 10.4 Å². The molecule has 1 aromatic carbocycles. The molecule has 100 valence electrons. The van der Waals surface area contributed by atoms with Crippen LogP contribution >= 0.6 is 0 Å². The van der Waals surface area contributed by atoms with Crippen molar-refractivity contribution in [3.05, 3.63) is 39.7 Å². The van der Waals surface area contributed by atoms with Crippen molar-refractivity contribution < 1.29 is 14.4 Å². The van der Waals surface area contributed by atoms with E-state index in [1.807, 2.05) is 0 Å². The maximum Gasteiger partial charge on any atom is 0.305 e. The van der Waals surface area contributed by atoms with E-state index in [9.17, 15) is 19.6 Å². The summed E-state index contributed by atoms with van der Waals surface area (Å²) in [6, 6.07) is 3.43. The lowest BCUT2D eigenvalue weighted by molar-refractivity contribution is -0.387. The van der Waals surface area contributed by atoms with E-state index >= 15 is 0 Å². The molecule has 0 radical (unpaired) electrons. The van der Waals surface area contributed by atoms with Gasteiger partial charge in [-0.25, -0.2) is 0 Å². The molecule has 2 N–H and O–H groups in total. The first-order valence-corrected chi connectivity index (χ1v) is 5.89. The molecule has 0 aliphatic carbocycles. The van der Waals surface area contributed by atoms with Crippen LogP contribution in [0.1, 0.15) is 31.4 Å². The van der Waals surface area contributed by atoms with Gasteiger partial charge in [-0.05, 0) is 24.6 Å². The molecule has 0 aromatic heterocycles. The van der Waals surface area contributed by atoms with Crippen molar-refractivity contribution in [1.82, 2.24) is 5.32 Å². The first-order valence-electron chi connectivity index (χ1n) is 5.89. The standard InChI is InChI=1S/C12H17FN2O3/c1-2-3-6-14-8-12(16)9-4-5-10(13)11(7-9)15(17)18/h4-5,7,12,14,16H,2-3,6,8H2,1H3. The highest BCUT2D eigenvalue weighted by atomic mass is 19.1. The third-order valence-electron chi connectivity index (χ3n) is 2.60. The van der Waals surface area contributed by atoms with Gasteiger partial charge in [0, 0.05) is 12.6 Å². The zero-order chi connectivity index (χ0) is 13.5. The van der Waals surface area contributed by atoms with Crippen molar-refractivity contribution in [3.8, 4) is 0 Å². The molecule has 0 fully saturated rings. The van der Waals surface area contributed by atoms with Crippen LogP contribution in [0, 0.1) is 15.9 Å². The SMILES string of the molecule is CCCCNCC(O)c1ccc(F)c([N+](=O)[O-])c1. The van der Waals surface area contributed by atoms with E-state index in [2.05, 4.69) is 12.2 Å². The van der Waals surface area contributed by atoms with E-state index in [0.717, 1.165) is 31.5 Å². The van der Waals surface area contributed by atoms with Crippen molar-refractivity contribution in [1.29, 1.82) is 0 Å². The second-order valence-corrected chi connectivity index (χ2v) is 4.04. The molecule has 1 rings (SSSR count). The maximum absolute atomic E-state index is 13.1. The number of unbranched alkanes of at least 4 members (excludes halogenated alkanes) is 1. The van der Waals surface area contributed by atoms with Crippen LogP contribution in [0.15, 0.2) is 18.2 Å². The number of nitro benzene ring substituents is 1. The van der Waals surface area contributed by atoms with Crippen molar-refractivity contribution >= 4 is 5.69 Å². The lowest BCUT2D eigenvalue weighted by Gasteiger charge is -2.12. The van der Waals surface area contributed by atoms with Gasteiger partial charge in [0.1, 0.15) is 0 Å². The molecule has 1 atom stereocenters. The average Bonchev–Trinajstić information content (AvgIpc) is 2.34. The third kappa shape index (κ3) is 4.05. The van der Waals surface area contributed by atoms with Crippen LogP contribution in [0.25, 0.3) is 0 Å². The van der Waals surface area contributed by atoms with Crippen LogP contribution in [-0.4, -0.2) is 23.1 Å². The summed E-state index contributed by atoms with van der Waals surface area (Å²) in [6.07, 6.45) is 1.17. The highest BCUT2D eigenvalue weighted by molar-refractivity contribution is 5.37. The number of rotatable bonds is 7. The molecule has 6 heteroatoms. The molecule has 0 bridgehead atoms. The summed E-state index contributed by atoms with van der Waals surface area (Å²) in [4.78, 5) is 9.77. The molecule has 0 amide bonds. The largest absolute Gasteiger partial charge is 0.387 e. The topological polar surface area (TPSA) is 75.4 Å². The quantitative estimate of drug-likeness (QED) is 0.445. The van der Waals surface area contributed by atoms with Gasteiger partial charge in [-0.2, -0.15) is 4.39 Å². The molecule has 0 aliphatic heterocycles. The fourth-order valence-corrected chi connectivity index (χ4v) is 1.54. The summed E-state index contributed by atoms with van der Waals surface area (Å²) in [5, 5.41) is 23.4. The number of nitrogens with zero attached hydrogens (tertiary/aromatic N) is 1. The van der Waals surface area contributed by atoms with Crippen LogP contribution in [0.2, 0.25) is 0 Å². The van der Waals surface area contributed by atoms with Crippen molar-refractivity contribution in [3.63, 3.8) is 0 Å². The minimum Gasteiger partial charge on any atom is -0.387 e. The smallest absolute Gasteiger partial charge is 0.305 e. The van der Waals surface area contributed by atoms with Gasteiger partial charge >= 0.3 is 5.69 Å². The maximum atomic E-state index is 13.1. The van der Waals surface area contributed by atoms with Gasteiger partial charge in [-0.3, -0.25) is 10.1 Å². The molecule has 0 saturated carbocycles. The predicted octanol–water partition coefficient (Wildman–Crippen LogP) is 2.16. The highest BCUT2D eigenvalue weighted by Crippen LogP contribution is 2.22. The summed E-state index contributed by atoms with van der Waals surface area (Å²) in [5.41, 5.74) is -0.271. The van der Waals surface area contributed by atoms with Crippen LogP contribution in [-0.2, 0) is 0 Å². The molecular weight excluding hydrogens is 239 g/mol. The minimum absolute atomic E-state index is 0.294. The number of aliphatic hydroxyl groups is 1. The van der Waals surface area contributed by atoms with Gasteiger partial charge in [-0.15, -0.1) is 0 Å². The Morgan fingerprint density at radius 2 is 2.28 bits per heavy atom. The Kier molecular flexibility index (Phi) is 5.67. The van der Waals surface area contributed by atoms with Gasteiger partial charge in [0.15, 0.2) is 0 Å². The van der Waals surface area contributed by atoms with Crippen molar-refractivity contribution in [2.24, 2.45) is 0 Å². The summed E-state index contributed by atoms with van der Waals surface area (Å²) in [6.45, 7) is 3.13. The fraction of sp³-hybridized carbons (Fsp3) is 0.500. The van der Waals surface area contributed by atoms with E-state index in [1.54, 1.807) is 0 Å². The van der Waals surface area contributed by atoms with Crippen LogP contribution < -0.4 is 5.32 Å². The van der Waals surface area contributed by atoms with Gasteiger partial charge in [0.25, 0.3) is 0 Å². The van der Waals surface area contributed by atoms with E-state index in [4.69, 9.17) is 0 Å². The van der Waals surface area contributed by atoms with Gasteiger partial charge in [0.05, 0.1) is 11.0 Å². The minimum atomic E-state index is -0.894. The Bertz CT molecular complexity index is 412. The summed E-state index contributed by atoms with van der Waals surface area (Å²) < 4.78 is 13.1. The van der Waals surface area contributed by atoms with Gasteiger partial charge in [0.2, 0.25) is 5.82 Å². The molecule has 0 spiro atoms. The van der Waals surface area contributed by atoms with Crippen LogP contribution in [0.4, 0.5) is 10.1 Å². The number of hydrogen-bond donors (Lipinski definition) is 2. The fourth-order valence-electron chi connectivity index (χ4n) is 1.54. The molecule has 0 heterocycles. The first kappa shape index (κ1) is 14.5. The molecule has 0 aliphatic rings. The molecular formula is C12H17FN2O3. The van der Waals surface area contributed by atoms with E-state index in [1.165, 1.54) is 6.07 Å². The lowest BCUT2D eigenvalue weighted by Crippen LogP contribution is -2.22. The zero-order valence-corrected chi connectivity index (χ0v) is 10.2. The normalized spacial score (nSPS) is 12.4. The van der Waals surface area contributed by atoms with E-state index in [-0.39, 0.29) is 0 Å². The van der Waals surface area contributed by atoms with Crippen molar-refractivity contribution in [2.45, 2.75) is 25.9 Å². The summed E-state index contributed by atoms with van der Waals surface area (Å²) in [5.74, 6) is -0.894. The van der Waals surface area contributed by atoms with Gasteiger partial charge in [-0.1, -0.05) is 19.4 Å². The molecule has 1 aromatic rings. The molecule has 1 unspecified atom stereocenters. The highest BCUT2D eigenvalue weighted by Gasteiger charge is 2.17. The predicted molar refractivity (Wildman–Crippen MR) is 65.8 cm³/mol. The Balaban J connectivity index is 2.65. The Morgan fingerprint density at radius 3 is 2.89 bits per heavy atom. The Hall–Kier alpha value is -1.53. The number of hydrogen-bond acceptors (Lipinski definition) is 4. The number of nitro groups is 1. The number of benzene rings is 1. The van der Waals surface area contributed by atoms with Crippen molar-refractivity contribution in [2.75, 3.05) is 13.1 Å². The molecule has 0 saturated heterocycles. The van der Waals surface area contributed by atoms with Crippen LogP contribution in [0.3, 0.4) is 0 Å². The van der Waals surface area contributed by atoms with E-state index < -0.39 is 22.5 Å². The molecule has 18 heavy (non-hydrogen) atoms. The Labute approximate surface area is 105 Å². The summed E-state index contributed by atoms with van der Waals surface area (Å²) in [7, 11) is 0. The monoisotopic (exact) mass is 256 g/mol. The Morgan fingerprint density at radius 1 is 1.56 bits per heavy atom.